The van der Waals surface area contributed by atoms with Gasteiger partial charge in [0.25, 0.3) is 0 Å². The lowest BCUT2D eigenvalue weighted by Gasteiger charge is -2.16. The summed E-state index contributed by atoms with van der Waals surface area (Å²) in [6.45, 7) is 8.70. The van der Waals surface area contributed by atoms with Gasteiger partial charge in [-0.05, 0) is 34.1 Å². The van der Waals surface area contributed by atoms with Crippen LogP contribution in [0.15, 0.2) is 4.99 Å². The molecule has 0 aromatic heterocycles. The molecule has 0 aliphatic heterocycles. The molecule has 0 saturated heterocycles. The Morgan fingerprint density at radius 2 is 2.00 bits per heavy atom. The van der Waals surface area contributed by atoms with Gasteiger partial charge in [-0.15, -0.1) is 0 Å². The molecule has 3 heteroatoms. The molecule has 0 fully saturated rings. The first-order chi connectivity index (χ1) is 6.31. The van der Waals surface area contributed by atoms with E-state index < -0.39 is 0 Å². The Morgan fingerprint density at radius 3 is 2.43 bits per heavy atom. The highest BCUT2D eigenvalue weighted by Crippen LogP contribution is 2.04. The Hall–Kier alpha value is -0.860. The van der Waals surface area contributed by atoms with Crippen molar-refractivity contribution in [3.63, 3.8) is 0 Å². The Bertz CT molecular complexity index is 204. The Morgan fingerprint density at radius 1 is 1.43 bits per heavy atom. The number of hydrogen-bond acceptors (Lipinski definition) is 2. The summed E-state index contributed by atoms with van der Waals surface area (Å²) in [4.78, 5) is 17.1. The molecule has 0 aliphatic carbocycles. The Balaban J connectivity index is 3.70. The predicted octanol–water partition coefficient (Wildman–Crippen LogP) is 2.11. The Kier molecular flexibility index (Phi) is 5.43. The van der Waals surface area contributed by atoms with Crippen molar-refractivity contribution in [1.29, 1.82) is 0 Å². The molecule has 0 radical (unpaired) electrons. The third kappa shape index (κ3) is 9.23. The summed E-state index contributed by atoms with van der Waals surface area (Å²) in [5, 5.41) is 0. The van der Waals surface area contributed by atoms with Crippen molar-refractivity contribution < 1.29 is 4.79 Å². The van der Waals surface area contributed by atoms with Gasteiger partial charge in [0.2, 0.25) is 0 Å². The number of rotatable bonds is 5. The van der Waals surface area contributed by atoms with E-state index in [1.54, 1.807) is 6.92 Å². The van der Waals surface area contributed by atoms with E-state index in [-0.39, 0.29) is 11.3 Å². The van der Waals surface area contributed by atoms with Crippen LogP contribution in [0, 0.1) is 0 Å². The van der Waals surface area contributed by atoms with Gasteiger partial charge in [-0.1, -0.05) is 0 Å². The number of carbonyl (C=O) groups is 1. The lowest BCUT2D eigenvalue weighted by molar-refractivity contribution is -0.117. The zero-order valence-electron chi connectivity index (χ0n) is 10.0. The standard InChI is InChI=1S/C11H22N2O/c1-10(14)7-6-8-13(5)9-12-11(2,3)4/h9H,6-8H2,1-5H3. The largest absolute Gasteiger partial charge is 0.366 e. The lowest BCUT2D eigenvalue weighted by Crippen LogP contribution is -2.21. The molecular formula is C11H22N2O. The van der Waals surface area contributed by atoms with Crippen LogP contribution in [0.2, 0.25) is 0 Å². The van der Waals surface area contributed by atoms with Gasteiger partial charge < -0.3 is 9.69 Å². The minimum Gasteiger partial charge on any atom is -0.366 e. The van der Waals surface area contributed by atoms with E-state index in [4.69, 9.17) is 0 Å². The van der Waals surface area contributed by atoms with E-state index in [2.05, 4.69) is 25.8 Å². The van der Waals surface area contributed by atoms with Gasteiger partial charge in [0.1, 0.15) is 5.78 Å². The van der Waals surface area contributed by atoms with E-state index in [1.165, 1.54) is 0 Å². The van der Waals surface area contributed by atoms with Crippen molar-refractivity contribution in [2.75, 3.05) is 13.6 Å². The van der Waals surface area contributed by atoms with Gasteiger partial charge >= 0.3 is 0 Å². The van der Waals surface area contributed by atoms with E-state index in [0.717, 1.165) is 13.0 Å². The molecule has 0 rings (SSSR count). The predicted molar refractivity (Wildman–Crippen MR) is 60.8 cm³/mol. The molecule has 0 atom stereocenters. The number of nitrogens with zero attached hydrogens (tertiary/aromatic N) is 2. The van der Waals surface area contributed by atoms with Crippen LogP contribution in [0.3, 0.4) is 0 Å². The molecule has 14 heavy (non-hydrogen) atoms. The minimum atomic E-state index is -0.0190. The fourth-order valence-corrected chi connectivity index (χ4v) is 0.907. The summed E-state index contributed by atoms with van der Waals surface area (Å²) in [6, 6.07) is 0. The summed E-state index contributed by atoms with van der Waals surface area (Å²) in [6.07, 6.45) is 3.41. The van der Waals surface area contributed by atoms with Crippen molar-refractivity contribution in [3.8, 4) is 0 Å². The van der Waals surface area contributed by atoms with Gasteiger partial charge in [0, 0.05) is 20.0 Å². The molecule has 0 spiro atoms. The van der Waals surface area contributed by atoms with E-state index >= 15 is 0 Å². The smallest absolute Gasteiger partial charge is 0.129 e. The number of Topliss-reactive ketones (excluding diaryl/α,β-unsaturated/α-hetero) is 1. The van der Waals surface area contributed by atoms with Crippen LogP contribution >= 0.6 is 0 Å². The molecular weight excluding hydrogens is 176 g/mol. The summed E-state index contributed by atoms with van der Waals surface area (Å²) >= 11 is 0. The molecule has 3 nitrogen and oxygen atoms in total. The number of ketones is 1. The second-order valence-corrected chi connectivity index (χ2v) is 4.70. The molecule has 0 heterocycles. The molecule has 82 valence electrons. The third-order valence-electron chi connectivity index (χ3n) is 1.68. The van der Waals surface area contributed by atoms with Gasteiger partial charge in [-0.25, -0.2) is 0 Å². The van der Waals surface area contributed by atoms with Crippen LogP contribution in [-0.2, 0) is 4.79 Å². The fourth-order valence-electron chi connectivity index (χ4n) is 0.907. The van der Waals surface area contributed by atoms with Crippen molar-refractivity contribution in [3.05, 3.63) is 0 Å². The first-order valence-corrected chi connectivity index (χ1v) is 5.06. The summed E-state index contributed by atoms with van der Waals surface area (Å²) in [7, 11) is 1.98. The highest BCUT2D eigenvalue weighted by atomic mass is 16.1. The van der Waals surface area contributed by atoms with E-state index in [0.29, 0.717) is 6.42 Å². The van der Waals surface area contributed by atoms with Gasteiger partial charge in [-0.3, -0.25) is 4.99 Å². The average Bonchev–Trinajstić information content (AvgIpc) is 1.99. The highest BCUT2D eigenvalue weighted by molar-refractivity contribution is 5.75. The molecule has 0 aliphatic rings. The van der Waals surface area contributed by atoms with Gasteiger partial charge in [0.15, 0.2) is 0 Å². The van der Waals surface area contributed by atoms with Crippen LogP contribution in [-0.4, -0.2) is 36.2 Å². The Labute approximate surface area is 87.2 Å². The lowest BCUT2D eigenvalue weighted by atomic mass is 10.1. The number of hydrogen-bond donors (Lipinski definition) is 0. The summed E-state index contributed by atoms with van der Waals surface area (Å²) < 4.78 is 0. The second-order valence-electron chi connectivity index (χ2n) is 4.70. The first kappa shape index (κ1) is 13.1. The molecule has 0 saturated carbocycles. The molecule has 0 amide bonds. The molecule has 0 aromatic rings. The first-order valence-electron chi connectivity index (χ1n) is 5.06. The maximum atomic E-state index is 10.7. The fraction of sp³-hybridized carbons (Fsp3) is 0.818. The summed E-state index contributed by atoms with van der Waals surface area (Å²) in [5.41, 5.74) is -0.0190. The normalized spacial score (nSPS) is 12.1. The van der Waals surface area contributed by atoms with Crippen molar-refractivity contribution in [1.82, 2.24) is 4.90 Å². The van der Waals surface area contributed by atoms with Crippen LogP contribution in [0.25, 0.3) is 0 Å². The number of carbonyl (C=O) groups excluding carboxylic acids is 1. The van der Waals surface area contributed by atoms with E-state index in [1.807, 2.05) is 18.3 Å². The van der Waals surface area contributed by atoms with Crippen LogP contribution < -0.4 is 0 Å². The van der Waals surface area contributed by atoms with E-state index in [9.17, 15) is 4.79 Å². The topological polar surface area (TPSA) is 32.7 Å². The monoisotopic (exact) mass is 198 g/mol. The van der Waals surface area contributed by atoms with Crippen molar-refractivity contribution in [2.45, 2.75) is 46.1 Å². The van der Waals surface area contributed by atoms with Crippen LogP contribution in [0.5, 0.6) is 0 Å². The zero-order chi connectivity index (χ0) is 11.2. The maximum absolute atomic E-state index is 10.7. The van der Waals surface area contributed by atoms with Crippen molar-refractivity contribution >= 4 is 12.1 Å². The van der Waals surface area contributed by atoms with Gasteiger partial charge in [-0.2, -0.15) is 0 Å². The van der Waals surface area contributed by atoms with Crippen LogP contribution in [0.1, 0.15) is 40.5 Å². The molecule has 0 N–H and O–H groups in total. The third-order valence-corrected chi connectivity index (χ3v) is 1.68. The minimum absolute atomic E-state index is 0.0190. The molecule has 0 aromatic carbocycles. The summed E-state index contributed by atoms with van der Waals surface area (Å²) in [5.74, 6) is 0.256. The molecule has 0 unspecified atom stereocenters. The van der Waals surface area contributed by atoms with Gasteiger partial charge in [0.05, 0.1) is 11.9 Å². The highest BCUT2D eigenvalue weighted by Gasteiger charge is 2.05. The average molecular weight is 198 g/mol. The quantitative estimate of drug-likeness (QED) is 0.500. The number of aliphatic imine (C=N–C) groups is 1. The molecule has 0 bridgehead atoms. The SMILES string of the molecule is CC(=O)CCCN(C)C=NC(C)(C)C. The van der Waals surface area contributed by atoms with Crippen LogP contribution in [0.4, 0.5) is 0 Å². The van der Waals surface area contributed by atoms with Crippen molar-refractivity contribution in [2.24, 2.45) is 4.99 Å². The second kappa shape index (κ2) is 5.78. The zero-order valence-corrected chi connectivity index (χ0v) is 10.0. The maximum Gasteiger partial charge on any atom is 0.129 e.